The van der Waals surface area contributed by atoms with Gasteiger partial charge in [-0.3, -0.25) is 0 Å². The summed E-state index contributed by atoms with van der Waals surface area (Å²) in [6.45, 7) is 4.10. The number of carbonyl (C=O) groups is 1. The Balaban J connectivity index is 1.77. The second-order valence-corrected chi connectivity index (χ2v) is 9.29. The summed E-state index contributed by atoms with van der Waals surface area (Å²) in [5.74, 6) is -2.94. The molecule has 2 heterocycles. The van der Waals surface area contributed by atoms with E-state index in [0.29, 0.717) is 18.5 Å². The number of nitrogens with zero attached hydrogens (tertiary/aromatic N) is 2. The highest BCUT2D eigenvalue weighted by Crippen LogP contribution is 2.46. The molecule has 1 aliphatic rings. The van der Waals surface area contributed by atoms with Crippen molar-refractivity contribution < 1.29 is 23.8 Å². The number of carboxylic acid groups (broad SMARTS) is 1. The number of nitrogens with one attached hydrogen (secondary N) is 1. The molecular formula is C25H25F2N3O3. The predicted molar refractivity (Wildman–Crippen MR) is 121 cm³/mol. The molecule has 2 aromatic carbocycles. The first-order valence-electron chi connectivity index (χ1n) is 11.1. The number of carboxylic acids is 1. The Morgan fingerprint density at radius 1 is 1.18 bits per heavy atom. The highest BCUT2D eigenvalue weighted by Gasteiger charge is 2.41. The van der Waals surface area contributed by atoms with E-state index in [1.165, 1.54) is 6.07 Å². The summed E-state index contributed by atoms with van der Waals surface area (Å²) in [5.41, 5.74) is 3.29. The van der Waals surface area contributed by atoms with Gasteiger partial charge in [0.25, 0.3) is 0 Å². The molecule has 8 heteroatoms. The van der Waals surface area contributed by atoms with Gasteiger partial charge in [-0.1, -0.05) is 13.8 Å². The maximum absolute atomic E-state index is 14.2. The van der Waals surface area contributed by atoms with Crippen molar-refractivity contribution in [3.63, 3.8) is 0 Å². The number of hydrogen-bond acceptors (Lipinski definition) is 3. The number of H-pyrrole nitrogens is 1. The van der Waals surface area contributed by atoms with Gasteiger partial charge in [-0.15, -0.1) is 0 Å². The summed E-state index contributed by atoms with van der Waals surface area (Å²) in [7, 11) is 0. The van der Waals surface area contributed by atoms with Crippen molar-refractivity contribution >= 4 is 27.9 Å². The van der Waals surface area contributed by atoms with Crippen LogP contribution in [0.1, 0.15) is 62.6 Å². The van der Waals surface area contributed by atoms with Crippen LogP contribution in [0.2, 0.25) is 0 Å². The van der Waals surface area contributed by atoms with Gasteiger partial charge in [0.15, 0.2) is 17.2 Å². The van der Waals surface area contributed by atoms with Crippen molar-refractivity contribution in [2.75, 3.05) is 0 Å². The van der Waals surface area contributed by atoms with Crippen LogP contribution >= 0.6 is 0 Å². The topological polar surface area (TPSA) is 91.1 Å². The van der Waals surface area contributed by atoms with Gasteiger partial charge in [-0.2, -0.15) is 0 Å². The monoisotopic (exact) mass is 453 g/mol. The Bertz CT molecular complexity index is 1380. The number of aromatic nitrogens is 3. The fourth-order valence-electron chi connectivity index (χ4n) is 5.26. The highest BCUT2D eigenvalue weighted by molar-refractivity contribution is 5.98. The van der Waals surface area contributed by atoms with Crippen molar-refractivity contribution in [2.24, 2.45) is 0 Å². The minimum atomic E-state index is -1.70. The normalized spacial score (nSPS) is 21.3. The largest absolute Gasteiger partial charge is 0.479 e. The molecule has 0 amide bonds. The molecule has 0 saturated heterocycles. The lowest BCUT2D eigenvalue weighted by atomic mass is 9.74. The predicted octanol–water partition coefficient (Wildman–Crippen LogP) is 5.38. The second kappa shape index (κ2) is 7.66. The van der Waals surface area contributed by atoms with E-state index in [4.69, 9.17) is 0 Å². The zero-order valence-corrected chi connectivity index (χ0v) is 18.4. The molecule has 0 aliphatic heterocycles. The molecule has 3 N–H and O–H groups in total. The Hall–Kier alpha value is -3.26. The van der Waals surface area contributed by atoms with Crippen LogP contribution in [0.15, 0.2) is 36.7 Å². The van der Waals surface area contributed by atoms with Crippen molar-refractivity contribution in [3.8, 4) is 5.69 Å². The molecule has 33 heavy (non-hydrogen) atoms. The average molecular weight is 453 g/mol. The van der Waals surface area contributed by atoms with Gasteiger partial charge in [0.1, 0.15) is 0 Å². The van der Waals surface area contributed by atoms with Crippen molar-refractivity contribution in [3.05, 3.63) is 59.6 Å². The summed E-state index contributed by atoms with van der Waals surface area (Å²) in [4.78, 5) is 19.0. The number of aromatic amines is 1. The lowest BCUT2D eigenvalue weighted by molar-refractivity contribution is -0.162. The third-order valence-corrected chi connectivity index (χ3v) is 6.91. The lowest BCUT2D eigenvalue weighted by Crippen LogP contribution is -2.41. The van der Waals surface area contributed by atoms with Gasteiger partial charge in [0.05, 0.1) is 22.9 Å². The Kier molecular flexibility index (Phi) is 5.01. The van der Waals surface area contributed by atoms with Crippen LogP contribution in [0, 0.1) is 11.6 Å². The molecule has 6 nitrogen and oxygen atoms in total. The summed E-state index contributed by atoms with van der Waals surface area (Å²) in [5, 5.41) is 20.9. The van der Waals surface area contributed by atoms with Crippen LogP contribution in [-0.2, 0) is 4.79 Å². The molecule has 0 spiro atoms. The Labute approximate surface area is 188 Å². The van der Waals surface area contributed by atoms with Crippen LogP contribution in [0.5, 0.6) is 0 Å². The van der Waals surface area contributed by atoms with Crippen LogP contribution in [0.3, 0.4) is 0 Å². The second-order valence-electron chi connectivity index (χ2n) is 9.29. The molecule has 1 aliphatic carbocycles. The number of aliphatic hydroxyl groups is 1. The quantitative estimate of drug-likeness (QED) is 0.387. The summed E-state index contributed by atoms with van der Waals surface area (Å²) in [6, 6.07) is 7.85. The zero-order chi connectivity index (χ0) is 23.5. The fraction of sp³-hybridized carbons (Fsp3) is 0.360. The maximum atomic E-state index is 14.2. The zero-order valence-electron chi connectivity index (χ0n) is 18.4. The first-order chi connectivity index (χ1) is 15.7. The standard InChI is InChI=1S/C25H25F2N3O3/c1-13(2)23-22(14-5-7-25(33,8-6-14)24(31)32)16-10-19-20(29-12-28-19)11-21(16)30(23)15-3-4-17(26)18(27)9-15/h3-4,9-14,33H,5-8H2,1-2H3,(H,28,29)(H,31,32). The van der Waals surface area contributed by atoms with E-state index in [0.717, 1.165) is 39.3 Å². The van der Waals surface area contributed by atoms with Gasteiger partial charge < -0.3 is 19.8 Å². The maximum Gasteiger partial charge on any atom is 0.335 e. The smallest absolute Gasteiger partial charge is 0.335 e. The fourth-order valence-corrected chi connectivity index (χ4v) is 5.26. The molecule has 0 bridgehead atoms. The third-order valence-electron chi connectivity index (χ3n) is 6.91. The minimum Gasteiger partial charge on any atom is -0.479 e. The Morgan fingerprint density at radius 3 is 2.55 bits per heavy atom. The van der Waals surface area contributed by atoms with Gasteiger partial charge in [0, 0.05) is 22.8 Å². The molecule has 0 unspecified atom stereocenters. The molecule has 5 rings (SSSR count). The van der Waals surface area contributed by atoms with E-state index in [1.807, 2.05) is 16.7 Å². The number of halogens is 2. The van der Waals surface area contributed by atoms with E-state index in [9.17, 15) is 23.8 Å². The third kappa shape index (κ3) is 3.40. The van der Waals surface area contributed by atoms with Crippen LogP contribution < -0.4 is 0 Å². The van der Waals surface area contributed by atoms with Gasteiger partial charge in [-0.25, -0.2) is 18.6 Å². The summed E-state index contributed by atoms with van der Waals surface area (Å²) < 4.78 is 29.9. The average Bonchev–Trinajstić information content (AvgIpc) is 3.36. The first-order valence-corrected chi connectivity index (χ1v) is 11.1. The van der Waals surface area contributed by atoms with Crippen molar-refractivity contribution in [2.45, 2.75) is 57.0 Å². The van der Waals surface area contributed by atoms with E-state index in [1.54, 1.807) is 12.4 Å². The van der Waals surface area contributed by atoms with Crippen LogP contribution in [0.4, 0.5) is 8.78 Å². The molecule has 1 saturated carbocycles. The lowest BCUT2D eigenvalue weighted by Gasteiger charge is -2.33. The summed E-state index contributed by atoms with van der Waals surface area (Å²) in [6.07, 6.45) is 2.96. The number of benzene rings is 2. The minimum absolute atomic E-state index is 0.0245. The van der Waals surface area contributed by atoms with E-state index < -0.39 is 23.2 Å². The van der Waals surface area contributed by atoms with E-state index in [-0.39, 0.29) is 24.7 Å². The number of imidazole rings is 1. The SMILES string of the molecule is CC(C)c1c(C2CCC(O)(C(=O)O)CC2)c2cc3[nH]cnc3cc2n1-c1ccc(F)c(F)c1. The van der Waals surface area contributed by atoms with Gasteiger partial charge in [-0.05, 0) is 67.3 Å². The molecule has 2 aromatic heterocycles. The molecule has 0 atom stereocenters. The van der Waals surface area contributed by atoms with E-state index >= 15 is 0 Å². The van der Waals surface area contributed by atoms with Crippen molar-refractivity contribution in [1.29, 1.82) is 0 Å². The van der Waals surface area contributed by atoms with Crippen molar-refractivity contribution in [1.82, 2.24) is 14.5 Å². The number of rotatable bonds is 4. The Morgan fingerprint density at radius 2 is 1.91 bits per heavy atom. The van der Waals surface area contributed by atoms with Gasteiger partial charge in [0.2, 0.25) is 0 Å². The molecule has 1 fully saturated rings. The number of aliphatic carboxylic acids is 1. The highest BCUT2D eigenvalue weighted by atomic mass is 19.2. The van der Waals surface area contributed by atoms with Gasteiger partial charge >= 0.3 is 5.97 Å². The molecule has 4 aromatic rings. The van der Waals surface area contributed by atoms with Crippen LogP contribution in [-0.4, -0.2) is 36.3 Å². The molecule has 172 valence electrons. The first kappa shape index (κ1) is 21.6. The molecule has 0 radical (unpaired) electrons. The number of hydrogen-bond donors (Lipinski definition) is 3. The van der Waals surface area contributed by atoms with Crippen LogP contribution in [0.25, 0.3) is 27.6 Å². The van der Waals surface area contributed by atoms with E-state index in [2.05, 4.69) is 23.8 Å². The summed E-state index contributed by atoms with van der Waals surface area (Å²) >= 11 is 0. The molecular weight excluding hydrogens is 428 g/mol. The number of fused-ring (bicyclic) bond motifs is 2.